The van der Waals surface area contributed by atoms with Gasteiger partial charge in [0.15, 0.2) is 0 Å². The van der Waals surface area contributed by atoms with Gasteiger partial charge in [0.05, 0.1) is 24.7 Å². The molecule has 1 aliphatic heterocycles. The van der Waals surface area contributed by atoms with Gasteiger partial charge in [-0.1, -0.05) is 23.4 Å². The fraction of sp³-hybridized carbons (Fsp3) is 0.320. The number of sulfonamides is 1. The molecule has 0 spiro atoms. The van der Waals surface area contributed by atoms with Gasteiger partial charge >= 0.3 is 0 Å². The van der Waals surface area contributed by atoms with Crippen molar-refractivity contribution in [3.8, 4) is 5.75 Å². The van der Waals surface area contributed by atoms with Crippen LogP contribution in [0.25, 0.3) is 11.0 Å². The highest BCUT2D eigenvalue weighted by molar-refractivity contribution is 7.91. The summed E-state index contributed by atoms with van der Waals surface area (Å²) < 4.78 is 35.7. The van der Waals surface area contributed by atoms with Crippen LogP contribution in [0.3, 0.4) is 0 Å². The summed E-state index contributed by atoms with van der Waals surface area (Å²) in [6.45, 7) is 3.49. The summed E-state index contributed by atoms with van der Waals surface area (Å²) in [5, 5.41) is 11.4. The number of rotatable bonds is 8. The number of nitrogens with one attached hydrogen (secondary N) is 1. The molecule has 1 amide bonds. The number of ether oxygens (including phenoxy) is 1. The summed E-state index contributed by atoms with van der Waals surface area (Å²) >= 11 is 1.19. The van der Waals surface area contributed by atoms with Gasteiger partial charge in [-0.2, -0.15) is 4.31 Å². The lowest BCUT2D eigenvalue weighted by Gasteiger charge is -2.30. The van der Waals surface area contributed by atoms with E-state index in [0.717, 1.165) is 15.9 Å². The van der Waals surface area contributed by atoms with Crippen LogP contribution in [-0.2, 0) is 16.6 Å². The van der Waals surface area contributed by atoms with Gasteiger partial charge in [0, 0.05) is 23.5 Å². The van der Waals surface area contributed by atoms with Crippen LogP contribution in [0.4, 0.5) is 0 Å². The summed E-state index contributed by atoms with van der Waals surface area (Å²) in [6, 6.07) is 18.2. The predicted octanol–water partition coefficient (Wildman–Crippen LogP) is 3.85. The van der Waals surface area contributed by atoms with Crippen LogP contribution in [0, 0.1) is 0 Å². The van der Waals surface area contributed by atoms with Crippen LogP contribution >= 0.6 is 11.3 Å². The van der Waals surface area contributed by atoms with Crippen LogP contribution in [-0.4, -0.2) is 53.3 Å². The van der Waals surface area contributed by atoms with Gasteiger partial charge in [-0.25, -0.2) is 13.1 Å². The van der Waals surface area contributed by atoms with Gasteiger partial charge < -0.3 is 10.1 Å². The van der Waals surface area contributed by atoms with Crippen molar-refractivity contribution in [2.24, 2.45) is 0 Å². The minimum absolute atomic E-state index is 0.110. The molecule has 0 radical (unpaired) electrons. The van der Waals surface area contributed by atoms with Gasteiger partial charge in [0.1, 0.15) is 15.5 Å². The average Bonchev–Trinajstić information content (AvgIpc) is 3.56. The molecule has 1 N–H and O–H groups in total. The van der Waals surface area contributed by atoms with E-state index in [1.54, 1.807) is 36.4 Å². The highest BCUT2D eigenvalue weighted by Gasteiger charge is 2.32. The van der Waals surface area contributed by atoms with E-state index in [9.17, 15) is 13.2 Å². The molecule has 9 nitrogen and oxygen atoms in total. The lowest BCUT2D eigenvalue weighted by Crippen LogP contribution is -2.38. The molecule has 11 heteroatoms. The second-order valence-corrected chi connectivity index (χ2v) is 11.9. The minimum Gasteiger partial charge on any atom is -0.494 e. The van der Waals surface area contributed by atoms with E-state index in [1.165, 1.54) is 15.6 Å². The number of carbonyl (C=O) groups excluding carboxylic acids is 1. The van der Waals surface area contributed by atoms with E-state index in [4.69, 9.17) is 4.74 Å². The Bertz CT molecular complexity index is 1470. The Morgan fingerprint density at radius 1 is 1.11 bits per heavy atom. The van der Waals surface area contributed by atoms with Crippen molar-refractivity contribution in [1.82, 2.24) is 24.6 Å². The number of carbonyl (C=O) groups is 1. The van der Waals surface area contributed by atoms with Crippen molar-refractivity contribution in [3.05, 3.63) is 71.1 Å². The lowest BCUT2D eigenvalue weighted by atomic mass is 10.1. The first kappa shape index (κ1) is 24.4. The van der Waals surface area contributed by atoms with Crippen molar-refractivity contribution in [3.63, 3.8) is 0 Å². The zero-order valence-electron chi connectivity index (χ0n) is 19.8. The standard InChI is InChI=1S/C25H27N5O4S2/c1-2-34-20-7-5-6-18(16-20)25(31)26-17-21-10-11-24(35-21)36(32,33)29-14-12-19(13-15-29)30-23-9-4-3-8-22(23)27-28-30/h3-11,16,19H,2,12-15,17H2,1H3,(H,26,31). The van der Waals surface area contributed by atoms with Crippen molar-refractivity contribution in [1.29, 1.82) is 0 Å². The molecular weight excluding hydrogens is 498 g/mol. The minimum atomic E-state index is -3.60. The Hall–Kier alpha value is -3.28. The number of aromatic nitrogens is 3. The molecule has 5 rings (SSSR count). The smallest absolute Gasteiger partial charge is 0.252 e. The molecule has 1 saturated heterocycles. The summed E-state index contributed by atoms with van der Waals surface area (Å²) in [6.07, 6.45) is 1.34. The SMILES string of the molecule is CCOc1cccc(C(=O)NCc2ccc(S(=O)(=O)N3CCC(n4nnc5ccccc54)CC3)s2)c1. The number of hydrogen-bond acceptors (Lipinski definition) is 7. The van der Waals surface area contributed by atoms with E-state index in [2.05, 4.69) is 15.6 Å². The van der Waals surface area contributed by atoms with E-state index in [-0.39, 0.29) is 22.7 Å². The fourth-order valence-electron chi connectivity index (χ4n) is 4.37. The third kappa shape index (κ3) is 4.99. The van der Waals surface area contributed by atoms with Crippen LogP contribution in [0.1, 0.15) is 41.0 Å². The quantitative estimate of drug-likeness (QED) is 0.375. The van der Waals surface area contributed by atoms with E-state index >= 15 is 0 Å². The Labute approximate surface area is 213 Å². The maximum atomic E-state index is 13.3. The molecule has 0 bridgehead atoms. The molecule has 1 aliphatic rings. The highest BCUT2D eigenvalue weighted by atomic mass is 32.2. The fourth-order valence-corrected chi connectivity index (χ4v) is 7.29. The highest BCUT2D eigenvalue weighted by Crippen LogP contribution is 2.31. The van der Waals surface area contributed by atoms with E-state index in [0.29, 0.717) is 43.9 Å². The molecule has 2 aromatic heterocycles. The maximum Gasteiger partial charge on any atom is 0.252 e. The molecule has 4 aromatic rings. The van der Waals surface area contributed by atoms with Crippen LogP contribution in [0.5, 0.6) is 5.75 Å². The molecule has 36 heavy (non-hydrogen) atoms. The van der Waals surface area contributed by atoms with Gasteiger partial charge in [-0.15, -0.1) is 16.4 Å². The third-order valence-electron chi connectivity index (χ3n) is 6.21. The first-order valence-corrected chi connectivity index (χ1v) is 14.1. The molecule has 0 aliphatic carbocycles. The Kier molecular flexibility index (Phi) is 7.04. The Morgan fingerprint density at radius 2 is 1.92 bits per heavy atom. The maximum absolute atomic E-state index is 13.3. The third-order valence-corrected chi connectivity index (χ3v) is 9.66. The summed E-state index contributed by atoms with van der Waals surface area (Å²) in [5.41, 5.74) is 2.30. The number of piperidine rings is 1. The Balaban J connectivity index is 1.19. The van der Waals surface area contributed by atoms with Crippen molar-refractivity contribution >= 4 is 38.3 Å². The zero-order chi connectivity index (χ0) is 25.1. The monoisotopic (exact) mass is 525 g/mol. The molecule has 3 heterocycles. The van der Waals surface area contributed by atoms with Crippen molar-refractivity contribution in [2.45, 2.75) is 36.6 Å². The summed E-state index contributed by atoms with van der Waals surface area (Å²) in [5.74, 6) is 0.396. The molecule has 0 saturated carbocycles. The number of hydrogen-bond donors (Lipinski definition) is 1. The molecule has 0 unspecified atom stereocenters. The normalized spacial score (nSPS) is 15.2. The predicted molar refractivity (Wildman–Crippen MR) is 138 cm³/mol. The first-order valence-electron chi connectivity index (χ1n) is 11.9. The second-order valence-electron chi connectivity index (χ2n) is 8.52. The first-order chi connectivity index (χ1) is 17.5. The number of fused-ring (bicyclic) bond motifs is 1. The van der Waals surface area contributed by atoms with Crippen LogP contribution in [0.2, 0.25) is 0 Å². The number of para-hydroxylation sites is 1. The van der Waals surface area contributed by atoms with Crippen LogP contribution < -0.4 is 10.1 Å². The molecule has 0 atom stereocenters. The van der Waals surface area contributed by atoms with E-state index in [1.807, 2.05) is 35.9 Å². The molecule has 188 valence electrons. The van der Waals surface area contributed by atoms with Gasteiger partial charge in [0.2, 0.25) is 0 Å². The zero-order valence-corrected chi connectivity index (χ0v) is 21.5. The molecular formula is C25H27N5O4S2. The van der Waals surface area contributed by atoms with Crippen molar-refractivity contribution in [2.75, 3.05) is 19.7 Å². The van der Waals surface area contributed by atoms with Gasteiger partial charge in [0.25, 0.3) is 15.9 Å². The Morgan fingerprint density at radius 3 is 2.72 bits per heavy atom. The number of benzene rings is 2. The second kappa shape index (κ2) is 10.4. The number of nitrogens with zero attached hydrogens (tertiary/aromatic N) is 4. The largest absolute Gasteiger partial charge is 0.494 e. The summed E-state index contributed by atoms with van der Waals surface area (Å²) in [4.78, 5) is 13.3. The average molecular weight is 526 g/mol. The molecule has 1 fully saturated rings. The van der Waals surface area contributed by atoms with Crippen molar-refractivity contribution < 1.29 is 17.9 Å². The number of thiophene rings is 1. The van der Waals surface area contributed by atoms with Gasteiger partial charge in [-0.05, 0) is 62.2 Å². The lowest BCUT2D eigenvalue weighted by molar-refractivity contribution is 0.0951. The van der Waals surface area contributed by atoms with Crippen LogP contribution in [0.15, 0.2) is 64.9 Å². The molecule has 2 aromatic carbocycles. The van der Waals surface area contributed by atoms with Gasteiger partial charge in [-0.3, -0.25) is 4.79 Å². The number of amides is 1. The summed E-state index contributed by atoms with van der Waals surface area (Å²) in [7, 11) is -3.60. The van der Waals surface area contributed by atoms with E-state index < -0.39 is 10.0 Å². The topological polar surface area (TPSA) is 106 Å².